The van der Waals surface area contributed by atoms with Crippen molar-refractivity contribution in [2.24, 2.45) is 0 Å². The molecule has 5 nitrogen and oxygen atoms in total. The van der Waals surface area contributed by atoms with Crippen LogP contribution in [0.4, 0.5) is 15.8 Å². The van der Waals surface area contributed by atoms with Crippen molar-refractivity contribution in [1.29, 1.82) is 0 Å². The lowest BCUT2D eigenvalue weighted by Gasteiger charge is -2.37. The molecule has 4 rings (SSSR count). The summed E-state index contributed by atoms with van der Waals surface area (Å²) in [5.74, 6) is -0.484. The van der Waals surface area contributed by atoms with Crippen molar-refractivity contribution in [3.05, 3.63) is 96.6 Å². The van der Waals surface area contributed by atoms with Gasteiger partial charge in [0.15, 0.2) is 12.1 Å². The van der Waals surface area contributed by atoms with Crippen LogP contribution in [-0.2, 0) is 4.79 Å². The number of para-hydroxylation sites is 2. The van der Waals surface area contributed by atoms with E-state index in [4.69, 9.17) is 0 Å². The van der Waals surface area contributed by atoms with E-state index in [-0.39, 0.29) is 6.42 Å². The number of anilines is 2. The van der Waals surface area contributed by atoms with Crippen LogP contribution in [-0.4, -0.2) is 66.3 Å². The fraction of sp³-hybridized carbons (Fsp3) is 0.321. The summed E-state index contributed by atoms with van der Waals surface area (Å²) in [6.45, 7) is 4.30. The molecule has 178 valence electrons. The van der Waals surface area contributed by atoms with Gasteiger partial charge in [0.1, 0.15) is 6.10 Å². The minimum atomic E-state index is -1.38. The molecule has 1 heterocycles. The fourth-order valence-corrected chi connectivity index (χ4v) is 4.36. The predicted octanol–water partition coefficient (Wildman–Crippen LogP) is 4.43. The second kappa shape index (κ2) is 11.9. The van der Waals surface area contributed by atoms with Crippen LogP contribution in [0.2, 0.25) is 0 Å². The van der Waals surface area contributed by atoms with Crippen molar-refractivity contribution in [3.8, 4) is 0 Å². The Labute approximate surface area is 201 Å². The van der Waals surface area contributed by atoms with Gasteiger partial charge in [0.05, 0.1) is 6.42 Å². The zero-order chi connectivity index (χ0) is 23.8. The highest BCUT2D eigenvalue weighted by Gasteiger charge is 2.28. The summed E-state index contributed by atoms with van der Waals surface area (Å²) in [4.78, 5) is 18.7. The van der Waals surface area contributed by atoms with Gasteiger partial charge in [0.25, 0.3) is 0 Å². The van der Waals surface area contributed by atoms with Crippen LogP contribution < -0.4 is 4.90 Å². The normalized spacial score (nSPS) is 16.6. The second-order valence-corrected chi connectivity index (χ2v) is 8.62. The highest BCUT2D eigenvalue weighted by molar-refractivity contribution is 5.84. The van der Waals surface area contributed by atoms with E-state index in [1.165, 1.54) is 0 Å². The van der Waals surface area contributed by atoms with Crippen LogP contribution in [0.1, 0.15) is 18.1 Å². The lowest BCUT2D eigenvalue weighted by atomic mass is 10.0. The first-order valence-corrected chi connectivity index (χ1v) is 11.9. The first-order valence-electron chi connectivity index (χ1n) is 11.9. The van der Waals surface area contributed by atoms with Gasteiger partial charge in [-0.05, 0) is 29.8 Å². The number of aliphatic hydroxyl groups excluding tert-OH is 1. The molecule has 0 radical (unpaired) electrons. The molecule has 2 unspecified atom stereocenters. The number of carbonyl (C=O) groups is 1. The van der Waals surface area contributed by atoms with Crippen LogP contribution in [0.3, 0.4) is 0 Å². The standard InChI is InChI=1S/C28H32FN3O2/c29-27(22-26(33)28(34)23-10-4-1-5-11-23)31-19-16-30(17-20-31)18-21-32(24-12-6-2-7-13-24)25-14-8-3-9-15-25/h1-15,27-28,34H,16-22H2. The predicted molar refractivity (Wildman–Crippen MR) is 134 cm³/mol. The zero-order valence-electron chi connectivity index (χ0n) is 19.3. The van der Waals surface area contributed by atoms with Crippen LogP contribution in [0.15, 0.2) is 91.0 Å². The molecule has 6 heteroatoms. The third-order valence-electron chi connectivity index (χ3n) is 6.37. The molecule has 1 fully saturated rings. The lowest BCUT2D eigenvalue weighted by molar-refractivity contribution is -0.130. The Morgan fingerprint density at radius 3 is 1.85 bits per heavy atom. The number of rotatable bonds is 10. The summed E-state index contributed by atoms with van der Waals surface area (Å²) in [6.07, 6.45) is -2.95. The van der Waals surface area contributed by atoms with Crippen LogP contribution >= 0.6 is 0 Å². The monoisotopic (exact) mass is 461 g/mol. The van der Waals surface area contributed by atoms with E-state index in [9.17, 15) is 14.3 Å². The SMILES string of the molecule is O=C(CC(F)N1CCN(CCN(c2ccccc2)c2ccccc2)CC1)C(O)c1ccccc1. The first kappa shape index (κ1) is 24.1. The Morgan fingerprint density at radius 1 is 0.824 bits per heavy atom. The Kier molecular flexibility index (Phi) is 8.41. The number of alkyl halides is 1. The maximum Gasteiger partial charge on any atom is 0.170 e. The summed E-state index contributed by atoms with van der Waals surface area (Å²) in [6, 6.07) is 29.3. The molecule has 0 bridgehead atoms. The average molecular weight is 462 g/mol. The summed E-state index contributed by atoms with van der Waals surface area (Å²) in [5, 5.41) is 10.2. The maximum absolute atomic E-state index is 14.9. The highest BCUT2D eigenvalue weighted by Crippen LogP contribution is 2.25. The number of hydrogen-bond acceptors (Lipinski definition) is 5. The Bertz CT molecular complexity index is 972. The van der Waals surface area contributed by atoms with Crippen LogP contribution in [0, 0.1) is 0 Å². The van der Waals surface area contributed by atoms with E-state index in [1.807, 2.05) is 42.5 Å². The quantitative estimate of drug-likeness (QED) is 0.453. The molecule has 1 aliphatic rings. The second-order valence-electron chi connectivity index (χ2n) is 8.62. The maximum atomic E-state index is 14.9. The molecule has 1 N–H and O–H groups in total. The molecule has 0 aliphatic carbocycles. The molecule has 1 aliphatic heterocycles. The molecule has 3 aromatic rings. The van der Waals surface area contributed by atoms with Crippen molar-refractivity contribution < 1.29 is 14.3 Å². The van der Waals surface area contributed by atoms with Gasteiger partial charge in [-0.15, -0.1) is 0 Å². The number of piperazine rings is 1. The lowest BCUT2D eigenvalue weighted by Crippen LogP contribution is -2.51. The van der Waals surface area contributed by atoms with Gasteiger partial charge in [-0.2, -0.15) is 0 Å². The smallest absolute Gasteiger partial charge is 0.170 e. The highest BCUT2D eigenvalue weighted by atomic mass is 19.1. The molecule has 34 heavy (non-hydrogen) atoms. The molecule has 2 atom stereocenters. The molecular weight excluding hydrogens is 429 g/mol. The fourth-order valence-electron chi connectivity index (χ4n) is 4.36. The summed E-state index contributed by atoms with van der Waals surface area (Å²) >= 11 is 0. The number of nitrogens with zero attached hydrogens (tertiary/aromatic N) is 3. The van der Waals surface area contributed by atoms with Gasteiger partial charge in [0.2, 0.25) is 0 Å². The van der Waals surface area contributed by atoms with E-state index in [0.29, 0.717) is 18.7 Å². The number of Topliss-reactive ketones (excluding diaryl/α,β-unsaturated/α-hetero) is 1. The number of benzene rings is 3. The summed E-state index contributed by atoms with van der Waals surface area (Å²) < 4.78 is 14.9. The number of ketones is 1. The van der Waals surface area contributed by atoms with Crippen molar-refractivity contribution in [1.82, 2.24) is 9.80 Å². The van der Waals surface area contributed by atoms with E-state index in [1.54, 1.807) is 29.2 Å². The molecule has 3 aromatic carbocycles. The minimum absolute atomic E-state index is 0.300. The number of aliphatic hydroxyl groups is 1. The van der Waals surface area contributed by atoms with Crippen LogP contribution in [0.25, 0.3) is 0 Å². The largest absolute Gasteiger partial charge is 0.381 e. The average Bonchev–Trinajstić information content (AvgIpc) is 2.90. The molecule has 0 aromatic heterocycles. The van der Waals surface area contributed by atoms with Crippen molar-refractivity contribution >= 4 is 17.2 Å². The topological polar surface area (TPSA) is 47.0 Å². The van der Waals surface area contributed by atoms with Crippen LogP contribution in [0.5, 0.6) is 0 Å². The third-order valence-corrected chi connectivity index (χ3v) is 6.37. The van der Waals surface area contributed by atoms with Crippen molar-refractivity contribution in [2.75, 3.05) is 44.2 Å². The molecule has 0 saturated carbocycles. The number of carbonyl (C=O) groups excluding carboxylic acids is 1. The van der Waals surface area contributed by atoms with E-state index in [0.717, 1.165) is 37.6 Å². The van der Waals surface area contributed by atoms with Crippen molar-refractivity contribution in [2.45, 2.75) is 18.8 Å². The van der Waals surface area contributed by atoms with Gasteiger partial charge < -0.3 is 10.0 Å². The van der Waals surface area contributed by atoms with Crippen molar-refractivity contribution in [3.63, 3.8) is 0 Å². The summed E-state index contributed by atoms with van der Waals surface area (Å²) in [7, 11) is 0. The zero-order valence-corrected chi connectivity index (χ0v) is 19.3. The van der Waals surface area contributed by atoms with Gasteiger partial charge in [0, 0.05) is 50.6 Å². The van der Waals surface area contributed by atoms with Gasteiger partial charge in [-0.25, -0.2) is 4.39 Å². The summed E-state index contributed by atoms with van der Waals surface area (Å²) in [5.41, 5.74) is 2.80. The van der Waals surface area contributed by atoms with E-state index < -0.39 is 18.2 Å². The number of halogens is 1. The Morgan fingerprint density at radius 2 is 1.32 bits per heavy atom. The Balaban J connectivity index is 1.27. The molecule has 0 spiro atoms. The molecule has 0 amide bonds. The Hall–Kier alpha value is -3.06. The minimum Gasteiger partial charge on any atom is -0.381 e. The van der Waals surface area contributed by atoms with E-state index >= 15 is 0 Å². The first-order chi connectivity index (χ1) is 16.6. The van der Waals surface area contributed by atoms with Gasteiger partial charge >= 0.3 is 0 Å². The molecular formula is C28H32FN3O2. The van der Waals surface area contributed by atoms with E-state index in [2.05, 4.69) is 34.1 Å². The van der Waals surface area contributed by atoms with Gasteiger partial charge in [-0.1, -0.05) is 66.7 Å². The third kappa shape index (κ3) is 6.29. The number of hydrogen-bond donors (Lipinski definition) is 1. The molecule has 1 saturated heterocycles. The van der Waals surface area contributed by atoms with Gasteiger partial charge in [-0.3, -0.25) is 14.6 Å².